The van der Waals surface area contributed by atoms with Crippen LogP contribution in [0.3, 0.4) is 0 Å². The van der Waals surface area contributed by atoms with Crippen LogP contribution in [0.25, 0.3) is 0 Å². The quantitative estimate of drug-likeness (QED) is 0.134. The zero-order chi connectivity index (χ0) is 29.5. The number of carbonyl (C=O) groups is 5. The summed E-state index contributed by atoms with van der Waals surface area (Å²) in [5.41, 5.74) is 0.314. The van der Waals surface area contributed by atoms with E-state index in [4.69, 9.17) is 23.7 Å². The molecule has 0 aliphatic heterocycles. The van der Waals surface area contributed by atoms with Gasteiger partial charge in [-0.3, -0.25) is 19.2 Å². The lowest BCUT2D eigenvalue weighted by atomic mass is 9.82. The van der Waals surface area contributed by atoms with Crippen molar-refractivity contribution in [3.05, 3.63) is 42.5 Å². The average Bonchev–Trinajstić information content (AvgIpc) is 2.95. The van der Waals surface area contributed by atoms with Gasteiger partial charge in [-0.2, -0.15) is 0 Å². The minimum Gasteiger partial charge on any atom is -0.466 e. The molecule has 1 aliphatic rings. The molecule has 1 fully saturated rings. The summed E-state index contributed by atoms with van der Waals surface area (Å²) in [5.74, 6) is -2.07. The Morgan fingerprint density at radius 1 is 0.825 bits per heavy atom. The van der Waals surface area contributed by atoms with Gasteiger partial charge in [-0.15, -0.1) is 0 Å². The Kier molecular flexibility index (Phi) is 13.4. The fourth-order valence-electron chi connectivity index (χ4n) is 4.02. The molecule has 0 amide bonds. The molecule has 2 rings (SSSR count). The lowest BCUT2D eigenvalue weighted by Gasteiger charge is -2.25. The van der Waals surface area contributed by atoms with E-state index in [1.54, 1.807) is 45.0 Å². The molecule has 10 nitrogen and oxygen atoms in total. The van der Waals surface area contributed by atoms with Gasteiger partial charge in [0.1, 0.15) is 5.75 Å². The van der Waals surface area contributed by atoms with Crippen LogP contribution < -0.4 is 4.74 Å². The highest BCUT2D eigenvalue weighted by Crippen LogP contribution is 2.31. The average molecular weight is 561 g/mol. The summed E-state index contributed by atoms with van der Waals surface area (Å²) in [5, 5.41) is 0. The highest BCUT2D eigenvalue weighted by Gasteiger charge is 2.31. The lowest BCUT2D eigenvalue weighted by molar-refractivity contribution is -0.154. The van der Waals surface area contributed by atoms with Crippen LogP contribution >= 0.6 is 0 Å². The van der Waals surface area contributed by atoms with E-state index in [2.05, 4.69) is 6.58 Å². The third-order valence-electron chi connectivity index (χ3n) is 6.40. The van der Waals surface area contributed by atoms with Crippen molar-refractivity contribution in [3.63, 3.8) is 0 Å². The maximum Gasteiger partial charge on any atom is 0.330 e. The fourth-order valence-corrected chi connectivity index (χ4v) is 4.02. The van der Waals surface area contributed by atoms with Crippen molar-refractivity contribution >= 4 is 29.8 Å². The summed E-state index contributed by atoms with van der Waals surface area (Å²) in [6, 6.07) is 6.96. The van der Waals surface area contributed by atoms with Crippen LogP contribution in [0.1, 0.15) is 64.9 Å². The Labute approximate surface area is 235 Å². The number of ether oxygens (including phenoxy) is 5. The van der Waals surface area contributed by atoms with Gasteiger partial charge in [0.2, 0.25) is 0 Å². The monoisotopic (exact) mass is 560 g/mol. The Hall–Kier alpha value is -3.69. The first-order valence-corrected chi connectivity index (χ1v) is 13.6. The highest BCUT2D eigenvalue weighted by molar-refractivity contribution is 5.81. The topological polar surface area (TPSA) is 132 Å². The SMILES string of the molecule is C=CC(=O)OCC(C)(C)COC(=O)CCC(=O)OCCc1ccc(OC(=O)C2CCC(C(=O)OCC)CC2)cc1. The minimum atomic E-state index is -0.576. The van der Waals surface area contributed by atoms with Gasteiger partial charge in [0.15, 0.2) is 0 Å². The summed E-state index contributed by atoms with van der Waals surface area (Å²) in [6.45, 7) is 9.25. The molecule has 0 aromatic heterocycles. The lowest BCUT2D eigenvalue weighted by Crippen LogP contribution is -2.29. The van der Waals surface area contributed by atoms with Gasteiger partial charge >= 0.3 is 29.8 Å². The van der Waals surface area contributed by atoms with E-state index in [-0.39, 0.29) is 56.4 Å². The van der Waals surface area contributed by atoms with Crippen molar-refractivity contribution in [1.82, 2.24) is 0 Å². The first-order valence-electron chi connectivity index (χ1n) is 13.6. The predicted octanol–water partition coefficient (Wildman–Crippen LogP) is 4.13. The summed E-state index contributed by atoms with van der Waals surface area (Å²) in [4.78, 5) is 59.5. The number of benzene rings is 1. The molecule has 0 unspecified atom stereocenters. The minimum absolute atomic E-state index is 0.0349. The molecule has 0 saturated heterocycles. The van der Waals surface area contributed by atoms with E-state index in [0.29, 0.717) is 44.5 Å². The zero-order valence-electron chi connectivity index (χ0n) is 23.6. The molecule has 40 heavy (non-hydrogen) atoms. The molecule has 1 aromatic rings. The number of hydrogen-bond acceptors (Lipinski definition) is 10. The summed E-state index contributed by atoms with van der Waals surface area (Å²) in [7, 11) is 0. The van der Waals surface area contributed by atoms with E-state index in [9.17, 15) is 24.0 Å². The van der Waals surface area contributed by atoms with Gasteiger partial charge in [0, 0.05) is 17.9 Å². The molecule has 220 valence electrons. The van der Waals surface area contributed by atoms with Gasteiger partial charge in [-0.25, -0.2) is 4.79 Å². The molecule has 1 saturated carbocycles. The van der Waals surface area contributed by atoms with Gasteiger partial charge in [0.25, 0.3) is 0 Å². The summed E-state index contributed by atoms with van der Waals surface area (Å²) < 4.78 is 25.9. The molecule has 1 aliphatic carbocycles. The number of esters is 5. The molecule has 0 spiro atoms. The van der Waals surface area contributed by atoms with E-state index in [1.165, 1.54) is 0 Å². The molecular formula is C30H40O10. The van der Waals surface area contributed by atoms with E-state index < -0.39 is 23.3 Å². The summed E-state index contributed by atoms with van der Waals surface area (Å²) in [6.07, 6.45) is 3.70. The van der Waals surface area contributed by atoms with Crippen molar-refractivity contribution < 1.29 is 47.7 Å². The number of hydrogen-bond donors (Lipinski definition) is 0. The first kappa shape index (κ1) is 32.5. The Balaban J connectivity index is 1.62. The predicted molar refractivity (Wildman–Crippen MR) is 144 cm³/mol. The van der Waals surface area contributed by atoms with Crippen LogP contribution in [0.15, 0.2) is 36.9 Å². The van der Waals surface area contributed by atoms with Crippen molar-refractivity contribution in [1.29, 1.82) is 0 Å². The molecule has 0 atom stereocenters. The van der Waals surface area contributed by atoms with Gasteiger partial charge in [0.05, 0.1) is 51.1 Å². The van der Waals surface area contributed by atoms with Gasteiger partial charge < -0.3 is 23.7 Å². The standard InChI is InChI=1S/C30H40O10/c1-5-25(31)38-19-30(3,4)20-39-27(33)16-15-26(32)37-18-17-21-7-13-24(14-8-21)40-29(35)23-11-9-22(10-12-23)28(34)36-6-2/h5,7-8,13-14,22-23H,1,6,9-12,15-20H2,2-4H3. The van der Waals surface area contributed by atoms with Crippen molar-refractivity contribution in [2.75, 3.05) is 26.4 Å². The normalized spacial score (nSPS) is 16.8. The zero-order valence-corrected chi connectivity index (χ0v) is 23.6. The van der Waals surface area contributed by atoms with Crippen LogP contribution in [0.5, 0.6) is 5.75 Å². The number of carbonyl (C=O) groups excluding carboxylic acids is 5. The third kappa shape index (κ3) is 12.0. The summed E-state index contributed by atoms with van der Waals surface area (Å²) >= 11 is 0. The van der Waals surface area contributed by atoms with Crippen LogP contribution in [0.2, 0.25) is 0 Å². The van der Waals surface area contributed by atoms with Crippen molar-refractivity contribution in [2.45, 2.75) is 65.7 Å². The third-order valence-corrected chi connectivity index (χ3v) is 6.40. The molecule has 0 heterocycles. The van der Waals surface area contributed by atoms with Crippen LogP contribution in [0, 0.1) is 17.3 Å². The molecule has 1 aromatic carbocycles. The van der Waals surface area contributed by atoms with E-state index >= 15 is 0 Å². The van der Waals surface area contributed by atoms with Crippen molar-refractivity contribution in [2.24, 2.45) is 17.3 Å². The molecular weight excluding hydrogens is 520 g/mol. The van der Waals surface area contributed by atoms with Gasteiger partial charge in [-0.1, -0.05) is 32.6 Å². The van der Waals surface area contributed by atoms with Crippen LogP contribution in [0.4, 0.5) is 0 Å². The Morgan fingerprint density at radius 3 is 1.95 bits per heavy atom. The number of rotatable bonds is 15. The molecule has 10 heteroatoms. The maximum atomic E-state index is 12.5. The smallest absolute Gasteiger partial charge is 0.330 e. The Morgan fingerprint density at radius 2 is 1.38 bits per heavy atom. The van der Waals surface area contributed by atoms with Gasteiger partial charge in [-0.05, 0) is 50.3 Å². The van der Waals surface area contributed by atoms with Crippen LogP contribution in [-0.2, 0) is 49.3 Å². The van der Waals surface area contributed by atoms with Crippen LogP contribution in [-0.4, -0.2) is 56.3 Å². The van der Waals surface area contributed by atoms with Crippen molar-refractivity contribution in [3.8, 4) is 5.75 Å². The molecule has 0 radical (unpaired) electrons. The Bertz CT molecular complexity index is 1020. The maximum absolute atomic E-state index is 12.5. The second-order valence-corrected chi connectivity index (χ2v) is 10.5. The molecule has 0 N–H and O–H groups in total. The molecule has 0 bridgehead atoms. The second-order valence-electron chi connectivity index (χ2n) is 10.5. The second kappa shape index (κ2) is 16.4. The highest BCUT2D eigenvalue weighted by atomic mass is 16.6. The van der Waals surface area contributed by atoms with E-state index in [1.807, 2.05) is 0 Å². The largest absolute Gasteiger partial charge is 0.466 e. The fraction of sp³-hybridized carbons (Fsp3) is 0.567. The first-order chi connectivity index (χ1) is 19.0. The van der Waals surface area contributed by atoms with E-state index in [0.717, 1.165) is 11.6 Å².